The minimum atomic E-state index is -0.0703. The van der Waals surface area contributed by atoms with Crippen LogP contribution in [0.4, 0.5) is 0 Å². The van der Waals surface area contributed by atoms with Crippen molar-refractivity contribution in [2.24, 2.45) is 11.0 Å². The fraction of sp³-hybridized carbons (Fsp3) is 0.364. The van der Waals surface area contributed by atoms with E-state index in [0.717, 1.165) is 23.3 Å². The van der Waals surface area contributed by atoms with Crippen molar-refractivity contribution < 1.29 is 9.53 Å². The van der Waals surface area contributed by atoms with Crippen molar-refractivity contribution in [1.82, 2.24) is 16.3 Å². The zero-order valence-corrected chi connectivity index (χ0v) is 16.4. The fourth-order valence-corrected chi connectivity index (χ4v) is 3.37. The first-order chi connectivity index (χ1) is 13.6. The molecule has 3 N–H and O–H groups in total. The number of hydrogen-bond donors (Lipinski definition) is 3. The Morgan fingerprint density at radius 2 is 1.86 bits per heavy atom. The van der Waals surface area contributed by atoms with Crippen LogP contribution in [0.2, 0.25) is 0 Å². The second-order valence-electron chi connectivity index (χ2n) is 7.21. The van der Waals surface area contributed by atoms with Crippen LogP contribution in [0.15, 0.2) is 59.7 Å². The maximum Gasteiger partial charge on any atom is 0.240 e. The van der Waals surface area contributed by atoms with Crippen LogP contribution in [0.1, 0.15) is 37.8 Å². The maximum absolute atomic E-state index is 12.0. The molecule has 2 aromatic carbocycles. The van der Waals surface area contributed by atoms with Gasteiger partial charge in [0.2, 0.25) is 5.91 Å². The van der Waals surface area contributed by atoms with E-state index >= 15 is 0 Å². The number of hydrazone groups is 1. The Labute approximate surface area is 166 Å². The monoisotopic (exact) mass is 380 g/mol. The first-order valence-electron chi connectivity index (χ1n) is 9.71. The predicted octanol–water partition coefficient (Wildman–Crippen LogP) is 3.00. The number of rotatable bonds is 8. The van der Waals surface area contributed by atoms with Gasteiger partial charge in [0.25, 0.3) is 0 Å². The highest BCUT2D eigenvalue weighted by atomic mass is 16.5. The van der Waals surface area contributed by atoms with Gasteiger partial charge in [-0.1, -0.05) is 42.5 Å². The highest BCUT2D eigenvalue weighted by molar-refractivity contribution is 5.82. The van der Waals surface area contributed by atoms with E-state index < -0.39 is 0 Å². The molecule has 0 aromatic heterocycles. The van der Waals surface area contributed by atoms with Crippen LogP contribution < -0.4 is 21.0 Å². The van der Waals surface area contributed by atoms with Gasteiger partial charge < -0.3 is 4.74 Å². The molecule has 0 spiro atoms. The number of ether oxygens (including phenoxy) is 1. The fourth-order valence-electron chi connectivity index (χ4n) is 3.37. The van der Waals surface area contributed by atoms with E-state index in [4.69, 9.17) is 4.74 Å². The summed E-state index contributed by atoms with van der Waals surface area (Å²) in [6.07, 6.45) is 2.92. The maximum atomic E-state index is 12.0. The molecule has 6 nitrogen and oxygen atoms in total. The normalized spacial score (nSPS) is 21.7. The highest BCUT2D eigenvalue weighted by Crippen LogP contribution is 2.20. The van der Waals surface area contributed by atoms with Crippen LogP contribution in [-0.2, 0) is 11.4 Å². The highest BCUT2D eigenvalue weighted by Gasteiger charge is 2.29. The summed E-state index contributed by atoms with van der Waals surface area (Å²) in [5.74, 6) is 1.13. The largest absolute Gasteiger partial charge is 0.489 e. The molecular weight excluding hydrogens is 352 g/mol. The van der Waals surface area contributed by atoms with Crippen LogP contribution in [0.25, 0.3) is 0 Å². The van der Waals surface area contributed by atoms with Crippen LogP contribution in [0.5, 0.6) is 5.75 Å². The minimum absolute atomic E-state index is 0.0703. The lowest BCUT2D eigenvalue weighted by Gasteiger charge is -2.16. The van der Waals surface area contributed by atoms with Crippen LogP contribution >= 0.6 is 0 Å². The Hall–Kier alpha value is -2.70. The third kappa shape index (κ3) is 5.90. The molecule has 1 aliphatic rings. The molecule has 28 heavy (non-hydrogen) atoms. The average molecular weight is 380 g/mol. The minimum Gasteiger partial charge on any atom is -0.489 e. The van der Waals surface area contributed by atoms with Gasteiger partial charge >= 0.3 is 0 Å². The van der Waals surface area contributed by atoms with Gasteiger partial charge in [0.05, 0.1) is 6.21 Å². The lowest BCUT2D eigenvalue weighted by atomic mass is 9.91. The average Bonchev–Trinajstić information content (AvgIpc) is 3.03. The molecule has 6 heteroatoms. The first kappa shape index (κ1) is 20.0. The van der Waals surface area contributed by atoms with Crippen LogP contribution in [0.3, 0.4) is 0 Å². The molecule has 1 saturated heterocycles. The van der Waals surface area contributed by atoms with Crippen molar-refractivity contribution in [3.63, 3.8) is 0 Å². The van der Waals surface area contributed by atoms with Crippen molar-refractivity contribution in [2.45, 2.75) is 45.4 Å². The lowest BCUT2D eigenvalue weighted by Crippen LogP contribution is -2.30. The third-order valence-corrected chi connectivity index (χ3v) is 5.04. The van der Waals surface area contributed by atoms with Gasteiger partial charge in [0.15, 0.2) is 0 Å². The summed E-state index contributed by atoms with van der Waals surface area (Å²) >= 11 is 0. The molecule has 2 aromatic rings. The molecule has 0 bridgehead atoms. The molecule has 1 aliphatic heterocycles. The second kappa shape index (κ2) is 10.0. The molecule has 3 rings (SSSR count). The van der Waals surface area contributed by atoms with E-state index in [1.165, 1.54) is 0 Å². The quantitative estimate of drug-likeness (QED) is 0.486. The van der Waals surface area contributed by atoms with E-state index in [0.29, 0.717) is 31.0 Å². The number of carbonyl (C=O) groups excluding carboxylic acids is 1. The number of benzene rings is 2. The van der Waals surface area contributed by atoms with Crippen LogP contribution in [0, 0.1) is 5.92 Å². The Bertz CT molecular complexity index is 784. The number of nitrogens with zero attached hydrogens (tertiary/aromatic N) is 1. The first-order valence-corrected chi connectivity index (χ1v) is 9.71. The summed E-state index contributed by atoms with van der Waals surface area (Å²) in [6.45, 7) is 4.77. The molecule has 1 amide bonds. The summed E-state index contributed by atoms with van der Waals surface area (Å²) < 4.78 is 5.81. The van der Waals surface area contributed by atoms with Crippen LogP contribution in [-0.4, -0.2) is 24.2 Å². The molecule has 2 atom stereocenters. The van der Waals surface area contributed by atoms with Crippen molar-refractivity contribution >= 4 is 12.1 Å². The van der Waals surface area contributed by atoms with Gasteiger partial charge in [-0.15, -0.1) is 0 Å². The Morgan fingerprint density at radius 3 is 2.61 bits per heavy atom. The summed E-state index contributed by atoms with van der Waals surface area (Å²) in [5.41, 5.74) is 11.0. The van der Waals surface area contributed by atoms with Crippen molar-refractivity contribution in [3.8, 4) is 5.75 Å². The Balaban J connectivity index is 1.44. The molecule has 1 heterocycles. The predicted molar refractivity (Wildman–Crippen MR) is 111 cm³/mol. The topological polar surface area (TPSA) is 74.8 Å². The van der Waals surface area contributed by atoms with Gasteiger partial charge in [-0.25, -0.2) is 5.43 Å². The third-order valence-electron chi connectivity index (χ3n) is 5.04. The number of hydrogen-bond acceptors (Lipinski definition) is 5. The smallest absolute Gasteiger partial charge is 0.240 e. The summed E-state index contributed by atoms with van der Waals surface area (Å²) in [7, 11) is 0. The summed E-state index contributed by atoms with van der Waals surface area (Å²) in [6, 6.07) is 18.4. The van der Waals surface area contributed by atoms with Gasteiger partial charge in [-0.2, -0.15) is 5.10 Å². The molecule has 1 fully saturated rings. The number of carbonyl (C=O) groups is 1. The molecule has 0 radical (unpaired) electrons. The SMILES string of the molecule is CC1NNC(C)C1CCC(=O)N/N=C/c1cccc(OCc2ccccc2)c1. The van der Waals surface area contributed by atoms with Gasteiger partial charge in [0.1, 0.15) is 12.4 Å². The molecule has 148 valence electrons. The van der Waals surface area contributed by atoms with Crippen molar-refractivity contribution in [1.29, 1.82) is 0 Å². The van der Waals surface area contributed by atoms with E-state index in [-0.39, 0.29) is 5.91 Å². The zero-order chi connectivity index (χ0) is 19.8. The molecule has 0 saturated carbocycles. The Morgan fingerprint density at radius 1 is 1.11 bits per heavy atom. The summed E-state index contributed by atoms with van der Waals surface area (Å²) in [5, 5.41) is 4.07. The van der Waals surface area contributed by atoms with E-state index in [9.17, 15) is 4.79 Å². The van der Waals surface area contributed by atoms with Gasteiger partial charge in [-0.3, -0.25) is 15.6 Å². The van der Waals surface area contributed by atoms with Gasteiger partial charge in [-0.05, 0) is 49.4 Å². The van der Waals surface area contributed by atoms with Crippen molar-refractivity contribution in [2.75, 3.05) is 0 Å². The zero-order valence-electron chi connectivity index (χ0n) is 16.4. The van der Waals surface area contributed by atoms with Crippen molar-refractivity contribution in [3.05, 3.63) is 65.7 Å². The second-order valence-corrected chi connectivity index (χ2v) is 7.21. The van der Waals surface area contributed by atoms with E-state index in [1.54, 1.807) is 6.21 Å². The van der Waals surface area contributed by atoms with E-state index in [1.807, 2.05) is 54.6 Å². The Kier molecular flexibility index (Phi) is 7.17. The van der Waals surface area contributed by atoms with Gasteiger partial charge in [0, 0.05) is 18.5 Å². The lowest BCUT2D eigenvalue weighted by molar-refractivity contribution is -0.121. The number of nitrogens with one attached hydrogen (secondary N) is 3. The number of hydrazine groups is 1. The standard InChI is InChI=1S/C22H28N4O2/c1-16-21(17(2)25-24-16)11-12-22(27)26-23-14-19-9-6-10-20(13-19)28-15-18-7-4-3-5-8-18/h3-10,13-14,16-17,21,24-25H,11-12,15H2,1-2H3,(H,26,27)/b23-14+. The number of amides is 1. The molecular formula is C22H28N4O2. The molecule has 0 aliphatic carbocycles. The summed E-state index contributed by atoms with van der Waals surface area (Å²) in [4.78, 5) is 12.0. The van der Waals surface area contributed by atoms with E-state index in [2.05, 4.69) is 35.2 Å². The molecule has 2 unspecified atom stereocenters.